The van der Waals surface area contributed by atoms with Crippen LogP contribution in [0.2, 0.25) is 0 Å². The van der Waals surface area contributed by atoms with Crippen LogP contribution in [-0.2, 0) is 17.8 Å². The van der Waals surface area contributed by atoms with Gasteiger partial charge >= 0.3 is 5.97 Å². The molecule has 1 N–H and O–H groups in total. The number of carboxylic acid groups (broad SMARTS) is 1. The van der Waals surface area contributed by atoms with Crippen LogP contribution < -0.4 is 4.74 Å². The highest BCUT2D eigenvalue weighted by Crippen LogP contribution is 2.25. The van der Waals surface area contributed by atoms with Crippen LogP contribution in [-0.4, -0.2) is 11.1 Å². The first-order chi connectivity index (χ1) is 14.1. The largest absolute Gasteiger partial charge is 0.488 e. The summed E-state index contributed by atoms with van der Waals surface area (Å²) in [6.07, 6.45) is 7.63. The van der Waals surface area contributed by atoms with Crippen LogP contribution in [0, 0.1) is 6.92 Å². The van der Waals surface area contributed by atoms with Gasteiger partial charge in [-0.1, -0.05) is 78.9 Å². The molecule has 0 atom stereocenters. The summed E-state index contributed by atoms with van der Waals surface area (Å²) in [5, 5.41) is 8.76. The van der Waals surface area contributed by atoms with Crippen LogP contribution in [0.5, 0.6) is 5.75 Å². The maximum atomic E-state index is 10.7. The summed E-state index contributed by atoms with van der Waals surface area (Å²) in [6.45, 7) is 2.60. The molecule has 3 aromatic rings. The number of aryl methyl sites for hydroxylation is 1. The molecule has 0 aliphatic heterocycles. The highest BCUT2D eigenvalue weighted by atomic mass is 16.5. The van der Waals surface area contributed by atoms with Crippen LogP contribution in [0.1, 0.15) is 27.8 Å². The van der Waals surface area contributed by atoms with Crippen molar-refractivity contribution in [1.82, 2.24) is 0 Å². The lowest BCUT2D eigenvalue weighted by Crippen LogP contribution is -2.00. The fraction of sp³-hybridized carbons (Fsp3) is 0.115. The number of hydrogen-bond acceptors (Lipinski definition) is 2. The maximum Gasteiger partial charge on any atom is 0.328 e. The molecule has 0 radical (unpaired) electrons. The van der Waals surface area contributed by atoms with Gasteiger partial charge < -0.3 is 9.84 Å². The molecule has 0 amide bonds. The second-order valence-electron chi connectivity index (χ2n) is 6.79. The van der Waals surface area contributed by atoms with E-state index < -0.39 is 5.97 Å². The average Bonchev–Trinajstić information content (AvgIpc) is 2.73. The van der Waals surface area contributed by atoms with Crippen molar-refractivity contribution in [3.05, 3.63) is 113 Å². The summed E-state index contributed by atoms with van der Waals surface area (Å²) < 4.78 is 6.13. The monoisotopic (exact) mass is 384 g/mol. The third kappa shape index (κ3) is 6.22. The molecule has 146 valence electrons. The van der Waals surface area contributed by atoms with Gasteiger partial charge in [0.05, 0.1) is 0 Å². The summed E-state index contributed by atoms with van der Waals surface area (Å²) in [5.74, 6) is -0.0208. The number of aliphatic carboxylic acids is 1. The molecule has 0 bridgehead atoms. The number of allylic oxidation sites excluding steroid dienone is 1. The Morgan fingerprint density at radius 2 is 1.66 bits per heavy atom. The Bertz CT molecular complexity index is 1020. The van der Waals surface area contributed by atoms with E-state index in [1.54, 1.807) is 6.08 Å². The molecule has 29 heavy (non-hydrogen) atoms. The molecule has 0 unspecified atom stereocenters. The highest BCUT2D eigenvalue weighted by Gasteiger charge is 2.06. The fourth-order valence-corrected chi connectivity index (χ4v) is 3.07. The summed E-state index contributed by atoms with van der Waals surface area (Å²) in [4.78, 5) is 10.7. The zero-order chi connectivity index (χ0) is 20.5. The van der Waals surface area contributed by atoms with E-state index >= 15 is 0 Å². The molecular formula is C26H24O3. The van der Waals surface area contributed by atoms with Crippen molar-refractivity contribution >= 4 is 18.1 Å². The lowest BCUT2D eigenvalue weighted by Gasteiger charge is -2.13. The van der Waals surface area contributed by atoms with Crippen LogP contribution in [0.3, 0.4) is 0 Å². The molecule has 3 nitrogen and oxygen atoms in total. The Morgan fingerprint density at radius 3 is 2.41 bits per heavy atom. The zero-order valence-electron chi connectivity index (χ0n) is 16.4. The van der Waals surface area contributed by atoms with Crippen LogP contribution in [0.15, 0.2) is 84.9 Å². The van der Waals surface area contributed by atoms with Gasteiger partial charge in [-0.25, -0.2) is 4.79 Å². The molecular weight excluding hydrogens is 360 g/mol. The second-order valence-corrected chi connectivity index (χ2v) is 6.79. The number of para-hydroxylation sites is 1. The van der Waals surface area contributed by atoms with Gasteiger partial charge in [0.15, 0.2) is 0 Å². The standard InChI is InChI=1S/C26H24O3/c1-20-8-5-14-24(26(20)29-19-23-9-3-2-4-10-23)15-7-13-21-11-6-12-22(18-21)16-17-25(27)28/h2-14,16-18H,15,19H2,1H3,(H,27,28)/b13-7+,17-16+. The van der Waals surface area contributed by atoms with Crippen molar-refractivity contribution in [2.45, 2.75) is 20.0 Å². The van der Waals surface area contributed by atoms with Gasteiger partial charge in [-0.3, -0.25) is 0 Å². The number of carboxylic acids is 1. The third-order valence-corrected chi connectivity index (χ3v) is 4.50. The van der Waals surface area contributed by atoms with Gasteiger partial charge in [-0.15, -0.1) is 0 Å². The predicted octanol–water partition coefficient (Wildman–Crippen LogP) is 5.93. The van der Waals surface area contributed by atoms with Gasteiger partial charge in [-0.2, -0.15) is 0 Å². The van der Waals surface area contributed by atoms with E-state index in [4.69, 9.17) is 9.84 Å². The van der Waals surface area contributed by atoms with E-state index in [1.165, 1.54) is 0 Å². The van der Waals surface area contributed by atoms with Crippen LogP contribution in [0.25, 0.3) is 12.2 Å². The first kappa shape index (κ1) is 20.2. The molecule has 3 rings (SSSR count). The van der Waals surface area contributed by atoms with Crippen molar-refractivity contribution in [3.63, 3.8) is 0 Å². The third-order valence-electron chi connectivity index (χ3n) is 4.50. The van der Waals surface area contributed by atoms with E-state index in [0.717, 1.165) is 46.1 Å². The van der Waals surface area contributed by atoms with Gasteiger partial charge in [0, 0.05) is 6.08 Å². The average molecular weight is 384 g/mol. The minimum Gasteiger partial charge on any atom is -0.488 e. The Kier molecular flexibility index (Phi) is 7.01. The summed E-state index contributed by atoms with van der Waals surface area (Å²) >= 11 is 0. The van der Waals surface area contributed by atoms with Crippen molar-refractivity contribution in [3.8, 4) is 5.75 Å². The summed E-state index contributed by atoms with van der Waals surface area (Å²) in [5.41, 5.74) is 5.28. The second kappa shape index (κ2) is 10.1. The normalized spacial score (nSPS) is 11.2. The van der Waals surface area contributed by atoms with E-state index in [9.17, 15) is 4.79 Å². The smallest absolute Gasteiger partial charge is 0.328 e. The van der Waals surface area contributed by atoms with Gasteiger partial charge in [0.2, 0.25) is 0 Å². The minimum absolute atomic E-state index is 0.542. The van der Waals surface area contributed by atoms with Crippen molar-refractivity contribution in [2.24, 2.45) is 0 Å². The van der Waals surface area contributed by atoms with Crippen LogP contribution in [0.4, 0.5) is 0 Å². The molecule has 3 aromatic carbocycles. The molecule has 0 aliphatic rings. The lowest BCUT2D eigenvalue weighted by atomic mass is 10.0. The van der Waals surface area contributed by atoms with E-state index in [1.807, 2.05) is 54.6 Å². The van der Waals surface area contributed by atoms with E-state index in [2.05, 4.69) is 37.3 Å². The molecule has 0 saturated carbocycles. The van der Waals surface area contributed by atoms with Crippen molar-refractivity contribution in [1.29, 1.82) is 0 Å². The molecule has 0 saturated heterocycles. The minimum atomic E-state index is -0.951. The van der Waals surface area contributed by atoms with Gasteiger partial charge in [0.1, 0.15) is 12.4 Å². The molecule has 3 heteroatoms. The van der Waals surface area contributed by atoms with E-state index in [-0.39, 0.29) is 0 Å². The number of benzene rings is 3. The number of ether oxygens (including phenoxy) is 1. The van der Waals surface area contributed by atoms with Gasteiger partial charge in [0.25, 0.3) is 0 Å². The van der Waals surface area contributed by atoms with Crippen LogP contribution >= 0.6 is 0 Å². The fourth-order valence-electron chi connectivity index (χ4n) is 3.07. The first-order valence-electron chi connectivity index (χ1n) is 9.54. The Hall–Kier alpha value is -3.59. The topological polar surface area (TPSA) is 46.5 Å². The molecule has 0 aromatic heterocycles. The maximum absolute atomic E-state index is 10.7. The van der Waals surface area contributed by atoms with Gasteiger partial charge in [-0.05, 0) is 53.3 Å². The first-order valence-corrected chi connectivity index (χ1v) is 9.54. The molecule has 0 spiro atoms. The summed E-state index contributed by atoms with van der Waals surface area (Å²) in [6, 6.07) is 24.1. The Morgan fingerprint density at radius 1 is 0.931 bits per heavy atom. The Labute approximate surface area is 171 Å². The summed E-state index contributed by atoms with van der Waals surface area (Å²) in [7, 11) is 0. The molecule has 0 aliphatic carbocycles. The van der Waals surface area contributed by atoms with Crippen molar-refractivity contribution in [2.75, 3.05) is 0 Å². The van der Waals surface area contributed by atoms with E-state index in [0.29, 0.717) is 6.61 Å². The zero-order valence-corrected chi connectivity index (χ0v) is 16.4. The quantitative estimate of drug-likeness (QED) is 0.490. The highest BCUT2D eigenvalue weighted by molar-refractivity contribution is 5.85. The molecule has 0 heterocycles. The predicted molar refractivity (Wildman–Crippen MR) is 118 cm³/mol. The lowest BCUT2D eigenvalue weighted by molar-refractivity contribution is -0.131. The number of carbonyl (C=O) groups is 1. The Balaban J connectivity index is 1.70. The SMILES string of the molecule is Cc1cccc(C/C=C/c2cccc(/C=C/C(=O)O)c2)c1OCc1ccccc1. The van der Waals surface area contributed by atoms with Crippen molar-refractivity contribution < 1.29 is 14.6 Å². The number of rotatable bonds is 8. The number of hydrogen-bond donors (Lipinski definition) is 1. The molecule has 0 fully saturated rings.